The molecule has 0 aliphatic rings. The second-order valence-electron chi connectivity index (χ2n) is 4.77. The van der Waals surface area contributed by atoms with E-state index in [9.17, 15) is 4.79 Å². The van der Waals surface area contributed by atoms with E-state index in [4.69, 9.17) is 0 Å². The second kappa shape index (κ2) is 7.21. The first-order chi connectivity index (χ1) is 8.15. The Balaban J connectivity index is 2.42. The molecular weight excluding hydrogens is 210 g/mol. The van der Waals surface area contributed by atoms with Crippen LogP contribution in [0.25, 0.3) is 0 Å². The molecule has 2 heteroatoms. The van der Waals surface area contributed by atoms with Crippen molar-refractivity contribution >= 4 is 5.78 Å². The molecule has 94 valence electrons. The van der Waals surface area contributed by atoms with Crippen molar-refractivity contribution < 1.29 is 4.79 Å². The van der Waals surface area contributed by atoms with Crippen LogP contribution in [0.5, 0.6) is 0 Å². The monoisotopic (exact) mass is 233 g/mol. The summed E-state index contributed by atoms with van der Waals surface area (Å²) in [5, 5.41) is 0. The average Bonchev–Trinajstić information content (AvgIpc) is 2.28. The van der Waals surface area contributed by atoms with Crippen LogP contribution in [0.4, 0.5) is 0 Å². The van der Waals surface area contributed by atoms with Crippen LogP contribution in [0.3, 0.4) is 0 Å². The van der Waals surface area contributed by atoms with Gasteiger partial charge in [0, 0.05) is 12.6 Å². The van der Waals surface area contributed by atoms with Crippen molar-refractivity contribution in [3.05, 3.63) is 29.1 Å². The molecule has 1 heterocycles. The zero-order valence-electron chi connectivity index (χ0n) is 11.3. The van der Waals surface area contributed by atoms with Gasteiger partial charge in [-0.15, -0.1) is 0 Å². The van der Waals surface area contributed by atoms with E-state index in [1.54, 1.807) is 6.20 Å². The molecule has 1 aromatic rings. The van der Waals surface area contributed by atoms with Crippen molar-refractivity contribution in [2.24, 2.45) is 0 Å². The first kappa shape index (κ1) is 13.9. The van der Waals surface area contributed by atoms with Crippen LogP contribution in [0, 0.1) is 13.8 Å². The van der Waals surface area contributed by atoms with E-state index in [1.165, 1.54) is 19.3 Å². The molecule has 1 aromatic heterocycles. The molecule has 0 bridgehead atoms. The van der Waals surface area contributed by atoms with E-state index in [2.05, 4.69) is 11.9 Å². The third kappa shape index (κ3) is 4.68. The number of nitrogens with zero attached hydrogens (tertiary/aromatic N) is 1. The normalized spacial score (nSPS) is 10.5. The van der Waals surface area contributed by atoms with Gasteiger partial charge < -0.3 is 0 Å². The van der Waals surface area contributed by atoms with Gasteiger partial charge in [-0.3, -0.25) is 9.78 Å². The number of hydrogen-bond acceptors (Lipinski definition) is 2. The maximum atomic E-state index is 11.9. The number of Topliss-reactive ketones (excluding diaryl/α,β-unsaturated/α-hetero) is 1. The Labute approximate surface area is 104 Å². The van der Waals surface area contributed by atoms with Crippen molar-refractivity contribution in [2.75, 3.05) is 0 Å². The zero-order valence-corrected chi connectivity index (χ0v) is 11.3. The predicted molar refractivity (Wildman–Crippen MR) is 71.4 cm³/mol. The first-order valence-electron chi connectivity index (χ1n) is 6.61. The summed E-state index contributed by atoms with van der Waals surface area (Å²) in [6.45, 7) is 6.16. The molecule has 0 radical (unpaired) electrons. The Morgan fingerprint density at radius 3 is 2.53 bits per heavy atom. The van der Waals surface area contributed by atoms with Gasteiger partial charge in [0.1, 0.15) is 5.69 Å². The smallest absolute Gasteiger partial charge is 0.181 e. The maximum Gasteiger partial charge on any atom is 0.181 e. The SMILES string of the molecule is CCCCCCCC(=O)c1ncc(C)cc1C. The number of rotatable bonds is 7. The highest BCUT2D eigenvalue weighted by molar-refractivity contribution is 5.95. The fraction of sp³-hybridized carbons (Fsp3) is 0.600. The van der Waals surface area contributed by atoms with Gasteiger partial charge in [0.25, 0.3) is 0 Å². The van der Waals surface area contributed by atoms with Gasteiger partial charge in [-0.05, 0) is 31.4 Å². The lowest BCUT2D eigenvalue weighted by atomic mass is 10.0. The number of aryl methyl sites for hydroxylation is 2. The molecule has 1 rings (SSSR count). The molecule has 0 unspecified atom stereocenters. The summed E-state index contributed by atoms with van der Waals surface area (Å²) in [6.07, 6.45) is 8.32. The molecule has 0 fully saturated rings. The molecule has 0 amide bonds. The van der Waals surface area contributed by atoms with Crippen molar-refractivity contribution in [2.45, 2.75) is 59.3 Å². The Bertz CT molecular complexity index is 371. The van der Waals surface area contributed by atoms with Gasteiger partial charge in [-0.25, -0.2) is 0 Å². The quantitative estimate of drug-likeness (QED) is 0.521. The van der Waals surface area contributed by atoms with Crippen LogP contribution in [0.15, 0.2) is 12.3 Å². The zero-order chi connectivity index (χ0) is 12.7. The number of pyridine rings is 1. The fourth-order valence-corrected chi connectivity index (χ4v) is 2.01. The molecule has 0 saturated heterocycles. The lowest BCUT2D eigenvalue weighted by Crippen LogP contribution is -2.05. The van der Waals surface area contributed by atoms with Gasteiger partial charge >= 0.3 is 0 Å². The molecule has 17 heavy (non-hydrogen) atoms. The number of aromatic nitrogens is 1. The van der Waals surface area contributed by atoms with Gasteiger partial charge in [0.15, 0.2) is 5.78 Å². The third-order valence-corrected chi connectivity index (χ3v) is 2.99. The summed E-state index contributed by atoms with van der Waals surface area (Å²) in [7, 11) is 0. The Kier molecular flexibility index (Phi) is 5.88. The van der Waals surface area contributed by atoms with Crippen molar-refractivity contribution in [3.8, 4) is 0 Å². The Hall–Kier alpha value is -1.18. The summed E-state index contributed by atoms with van der Waals surface area (Å²) < 4.78 is 0. The Morgan fingerprint density at radius 1 is 1.18 bits per heavy atom. The van der Waals surface area contributed by atoms with Crippen LogP contribution < -0.4 is 0 Å². The first-order valence-corrected chi connectivity index (χ1v) is 6.61. The Morgan fingerprint density at radius 2 is 1.88 bits per heavy atom. The minimum atomic E-state index is 0.194. The van der Waals surface area contributed by atoms with Crippen molar-refractivity contribution in [1.29, 1.82) is 0 Å². The number of hydrogen-bond donors (Lipinski definition) is 0. The van der Waals surface area contributed by atoms with E-state index in [-0.39, 0.29) is 5.78 Å². The van der Waals surface area contributed by atoms with Crippen molar-refractivity contribution in [1.82, 2.24) is 4.98 Å². The van der Waals surface area contributed by atoms with E-state index < -0.39 is 0 Å². The molecule has 0 aliphatic heterocycles. The largest absolute Gasteiger partial charge is 0.292 e. The van der Waals surface area contributed by atoms with Crippen molar-refractivity contribution in [3.63, 3.8) is 0 Å². The number of ketones is 1. The summed E-state index contributed by atoms with van der Waals surface area (Å²) in [5.41, 5.74) is 2.77. The standard InChI is InChI=1S/C15H23NO/c1-4-5-6-7-8-9-14(17)15-13(3)10-12(2)11-16-15/h10-11H,4-9H2,1-3H3. The molecule has 0 N–H and O–H groups in total. The molecule has 0 aromatic carbocycles. The van der Waals surface area contributed by atoms with E-state index in [0.29, 0.717) is 12.1 Å². The lowest BCUT2D eigenvalue weighted by molar-refractivity contribution is 0.0973. The molecule has 0 atom stereocenters. The van der Waals surface area contributed by atoms with E-state index >= 15 is 0 Å². The minimum absolute atomic E-state index is 0.194. The second-order valence-corrected chi connectivity index (χ2v) is 4.77. The number of carbonyl (C=O) groups is 1. The van der Waals surface area contributed by atoms with Gasteiger partial charge in [-0.2, -0.15) is 0 Å². The highest BCUT2D eigenvalue weighted by atomic mass is 16.1. The van der Waals surface area contributed by atoms with E-state index in [0.717, 1.165) is 24.0 Å². The predicted octanol–water partition coefficient (Wildman–Crippen LogP) is 4.24. The molecule has 0 spiro atoms. The summed E-state index contributed by atoms with van der Waals surface area (Å²) >= 11 is 0. The number of unbranched alkanes of at least 4 members (excludes halogenated alkanes) is 4. The van der Waals surface area contributed by atoms with Gasteiger partial charge in [0.05, 0.1) is 0 Å². The van der Waals surface area contributed by atoms with Crippen LogP contribution in [0.2, 0.25) is 0 Å². The molecule has 0 saturated carbocycles. The minimum Gasteiger partial charge on any atom is -0.292 e. The van der Waals surface area contributed by atoms with Gasteiger partial charge in [-0.1, -0.05) is 38.7 Å². The molecule has 0 aliphatic carbocycles. The summed E-state index contributed by atoms with van der Waals surface area (Å²) in [5.74, 6) is 0.194. The van der Waals surface area contributed by atoms with Crippen LogP contribution in [-0.4, -0.2) is 10.8 Å². The molecule has 2 nitrogen and oxygen atoms in total. The molecular formula is C15H23NO. The van der Waals surface area contributed by atoms with E-state index in [1.807, 2.05) is 19.9 Å². The maximum absolute atomic E-state index is 11.9. The third-order valence-electron chi connectivity index (χ3n) is 2.99. The number of carbonyl (C=O) groups excluding carboxylic acids is 1. The highest BCUT2D eigenvalue weighted by Crippen LogP contribution is 2.12. The van der Waals surface area contributed by atoms with Crippen LogP contribution >= 0.6 is 0 Å². The average molecular weight is 233 g/mol. The topological polar surface area (TPSA) is 30.0 Å². The van der Waals surface area contributed by atoms with Crippen LogP contribution in [0.1, 0.15) is 67.1 Å². The highest BCUT2D eigenvalue weighted by Gasteiger charge is 2.10. The van der Waals surface area contributed by atoms with Gasteiger partial charge in [0.2, 0.25) is 0 Å². The summed E-state index contributed by atoms with van der Waals surface area (Å²) in [6, 6.07) is 2.03. The lowest BCUT2D eigenvalue weighted by Gasteiger charge is -2.04. The van der Waals surface area contributed by atoms with Crippen LogP contribution in [-0.2, 0) is 0 Å². The summed E-state index contributed by atoms with van der Waals surface area (Å²) in [4.78, 5) is 16.2. The fourth-order valence-electron chi connectivity index (χ4n) is 2.01.